The average Bonchev–Trinajstić information content (AvgIpc) is 2.90. The van der Waals surface area contributed by atoms with E-state index < -0.39 is 11.5 Å². The lowest BCUT2D eigenvalue weighted by Gasteiger charge is -2.10. The van der Waals surface area contributed by atoms with E-state index in [0.29, 0.717) is 15.9 Å². The molecule has 22 heavy (non-hydrogen) atoms. The first-order chi connectivity index (χ1) is 10.5. The number of anilines is 1. The lowest BCUT2D eigenvalue weighted by Crippen LogP contribution is -2.23. The van der Waals surface area contributed by atoms with Gasteiger partial charge in [-0.05, 0) is 36.9 Å². The smallest absolute Gasteiger partial charge is 0.265 e. The van der Waals surface area contributed by atoms with Crippen LogP contribution in [0.3, 0.4) is 0 Å². The number of amides is 1. The molecule has 3 aromatic rings. The Bertz CT molecular complexity index is 940. The molecule has 0 saturated carbocycles. The van der Waals surface area contributed by atoms with E-state index in [1.165, 1.54) is 11.3 Å². The number of rotatable bonds is 2. The molecule has 1 amide bonds. The highest BCUT2D eigenvalue weighted by molar-refractivity contribution is 7.17. The van der Waals surface area contributed by atoms with Crippen molar-refractivity contribution in [3.05, 3.63) is 56.7 Å². The molecule has 1 aromatic carbocycles. The van der Waals surface area contributed by atoms with Crippen molar-refractivity contribution >= 4 is 33.1 Å². The van der Waals surface area contributed by atoms with Gasteiger partial charge in [-0.15, -0.1) is 11.3 Å². The molecule has 0 atom stereocenters. The molecular weight excluding hydrogens is 300 g/mol. The highest BCUT2D eigenvalue weighted by Gasteiger charge is 2.20. The van der Waals surface area contributed by atoms with E-state index in [1.807, 2.05) is 26.0 Å². The largest absolute Gasteiger partial charge is 0.505 e. The van der Waals surface area contributed by atoms with E-state index in [-0.39, 0.29) is 11.3 Å². The zero-order chi connectivity index (χ0) is 15.9. The highest BCUT2D eigenvalue weighted by atomic mass is 32.1. The highest BCUT2D eigenvalue weighted by Crippen LogP contribution is 2.30. The molecule has 0 radical (unpaired) electrons. The Morgan fingerprint density at radius 2 is 2.05 bits per heavy atom. The maximum Gasteiger partial charge on any atom is 0.265 e. The number of hydrogen-bond acceptors (Lipinski definition) is 4. The summed E-state index contributed by atoms with van der Waals surface area (Å²) in [5, 5.41) is 14.6. The van der Waals surface area contributed by atoms with Gasteiger partial charge in [-0.2, -0.15) is 0 Å². The van der Waals surface area contributed by atoms with E-state index in [4.69, 9.17) is 0 Å². The maximum absolute atomic E-state index is 12.4. The normalized spacial score (nSPS) is 10.8. The Kier molecular flexibility index (Phi) is 3.46. The van der Waals surface area contributed by atoms with Crippen molar-refractivity contribution in [1.82, 2.24) is 4.98 Å². The third-order valence-corrected chi connectivity index (χ3v) is 4.37. The minimum atomic E-state index is -0.624. The van der Waals surface area contributed by atoms with Crippen LogP contribution in [0.2, 0.25) is 0 Å². The van der Waals surface area contributed by atoms with Gasteiger partial charge in [0.1, 0.15) is 5.56 Å². The number of aromatic amines is 1. The number of aromatic nitrogens is 1. The van der Waals surface area contributed by atoms with Gasteiger partial charge in [-0.1, -0.05) is 17.7 Å². The topological polar surface area (TPSA) is 82.2 Å². The molecule has 3 N–H and O–H groups in total. The quantitative estimate of drug-likeness (QED) is 0.679. The monoisotopic (exact) mass is 314 g/mol. The van der Waals surface area contributed by atoms with E-state index in [2.05, 4.69) is 10.3 Å². The van der Waals surface area contributed by atoms with Crippen LogP contribution in [0.5, 0.6) is 5.75 Å². The number of nitrogens with one attached hydrogen (secondary N) is 2. The van der Waals surface area contributed by atoms with E-state index in [9.17, 15) is 14.7 Å². The molecule has 6 heteroatoms. The summed E-state index contributed by atoms with van der Waals surface area (Å²) < 4.78 is 0.491. The number of carbonyl (C=O) groups is 1. The Hall–Kier alpha value is -2.60. The molecule has 112 valence electrons. The number of hydrogen-bond donors (Lipinski definition) is 3. The maximum atomic E-state index is 12.4. The fraction of sp³-hybridized carbons (Fsp3) is 0.125. The van der Waals surface area contributed by atoms with Gasteiger partial charge in [0.05, 0.1) is 10.2 Å². The summed E-state index contributed by atoms with van der Waals surface area (Å²) in [5.74, 6) is -0.906. The molecule has 3 rings (SSSR count). The van der Waals surface area contributed by atoms with Crippen molar-refractivity contribution in [2.75, 3.05) is 5.32 Å². The van der Waals surface area contributed by atoms with Crippen LogP contribution in [0, 0.1) is 13.8 Å². The summed E-state index contributed by atoms with van der Waals surface area (Å²) >= 11 is 1.27. The lowest BCUT2D eigenvalue weighted by atomic mass is 10.1. The summed E-state index contributed by atoms with van der Waals surface area (Å²) in [6.45, 7) is 3.83. The second kappa shape index (κ2) is 5.31. The van der Waals surface area contributed by atoms with Gasteiger partial charge < -0.3 is 15.4 Å². The van der Waals surface area contributed by atoms with Crippen LogP contribution in [0.4, 0.5) is 5.69 Å². The summed E-state index contributed by atoms with van der Waals surface area (Å²) in [7, 11) is 0. The van der Waals surface area contributed by atoms with E-state index >= 15 is 0 Å². The molecule has 2 heterocycles. The molecule has 0 fully saturated rings. The van der Waals surface area contributed by atoms with Crippen molar-refractivity contribution in [3.63, 3.8) is 0 Å². The van der Waals surface area contributed by atoms with Crippen molar-refractivity contribution in [2.24, 2.45) is 0 Å². The average molecular weight is 314 g/mol. The molecule has 0 unspecified atom stereocenters. The molecular formula is C16H14N2O3S. The zero-order valence-corrected chi connectivity index (χ0v) is 12.9. The second-order valence-corrected chi connectivity index (χ2v) is 6.03. The summed E-state index contributed by atoms with van der Waals surface area (Å²) in [6, 6.07) is 7.27. The second-order valence-electron chi connectivity index (χ2n) is 5.11. The fourth-order valence-electron chi connectivity index (χ4n) is 2.35. The molecule has 0 aliphatic heterocycles. The molecule has 0 spiro atoms. The van der Waals surface area contributed by atoms with Crippen molar-refractivity contribution < 1.29 is 9.90 Å². The molecule has 5 nitrogen and oxygen atoms in total. The van der Waals surface area contributed by atoms with Crippen molar-refractivity contribution in [3.8, 4) is 5.75 Å². The van der Waals surface area contributed by atoms with Gasteiger partial charge in [0.2, 0.25) is 0 Å². The van der Waals surface area contributed by atoms with Crippen LogP contribution >= 0.6 is 11.3 Å². The van der Waals surface area contributed by atoms with Gasteiger partial charge in [0.15, 0.2) is 5.75 Å². The Labute approximate surface area is 130 Å². The third kappa shape index (κ3) is 2.37. The number of aryl methyl sites for hydroxylation is 2. The van der Waals surface area contributed by atoms with Crippen molar-refractivity contribution in [1.29, 1.82) is 0 Å². The molecule has 0 aliphatic rings. The number of carbonyl (C=O) groups excluding carboxylic acids is 1. The Morgan fingerprint density at radius 3 is 2.77 bits per heavy atom. The Balaban J connectivity index is 2.03. The zero-order valence-electron chi connectivity index (χ0n) is 12.1. The van der Waals surface area contributed by atoms with E-state index in [1.54, 1.807) is 17.5 Å². The van der Waals surface area contributed by atoms with E-state index in [0.717, 1.165) is 11.1 Å². The standard InChI is InChI=1S/C16H14N2O3S/c1-8-3-4-10(9(2)7-8)17-15(20)12-13(19)14-11(5-6-22-14)18-16(12)21/h3-7H,1-2H3,(H,17,20)(H2,18,19,21). The first-order valence-electron chi connectivity index (χ1n) is 6.68. The number of fused-ring (bicyclic) bond motifs is 1. The van der Waals surface area contributed by atoms with Gasteiger partial charge in [0, 0.05) is 5.69 Å². The molecule has 0 saturated heterocycles. The van der Waals surface area contributed by atoms with Gasteiger partial charge in [-0.3, -0.25) is 9.59 Å². The van der Waals surface area contributed by atoms with Crippen LogP contribution in [0.1, 0.15) is 21.5 Å². The van der Waals surface area contributed by atoms with Crippen LogP contribution in [-0.2, 0) is 0 Å². The minimum absolute atomic E-state index is 0.269. The number of pyridine rings is 1. The van der Waals surface area contributed by atoms with Crippen LogP contribution in [0.15, 0.2) is 34.4 Å². The number of H-pyrrole nitrogens is 1. The number of benzene rings is 1. The molecule has 0 aliphatic carbocycles. The predicted octanol–water partition coefficient (Wildman–Crippen LogP) is 3.16. The first-order valence-corrected chi connectivity index (χ1v) is 7.56. The molecule has 0 bridgehead atoms. The van der Waals surface area contributed by atoms with Gasteiger partial charge >= 0.3 is 0 Å². The van der Waals surface area contributed by atoms with Crippen molar-refractivity contribution in [2.45, 2.75) is 13.8 Å². The number of thiophene rings is 1. The first kappa shape index (κ1) is 14.3. The number of aromatic hydroxyl groups is 1. The van der Waals surface area contributed by atoms with Gasteiger partial charge in [-0.25, -0.2) is 0 Å². The fourth-order valence-corrected chi connectivity index (χ4v) is 3.15. The van der Waals surface area contributed by atoms with Crippen LogP contribution in [0.25, 0.3) is 10.2 Å². The van der Waals surface area contributed by atoms with Crippen LogP contribution in [-0.4, -0.2) is 16.0 Å². The third-order valence-electron chi connectivity index (χ3n) is 3.45. The summed E-state index contributed by atoms with van der Waals surface area (Å²) in [4.78, 5) is 27.0. The molecule has 2 aromatic heterocycles. The van der Waals surface area contributed by atoms with Gasteiger partial charge in [0.25, 0.3) is 11.5 Å². The lowest BCUT2D eigenvalue weighted by molar-refractivity contribution is 0.102. The summed E-state index contributed by atoms with van der Waals surface area (Å²) in [5.41, 5.74) is 2.23. The minimum Gasteiger partial charge on any atom is -0.505 e. The SMILES string of the molecule is Cc1ccc(NC(=O)c2c(O)c3sccc3[nH]c2=O)c(C)c1. The summed E-state index contributed by atoms with van der Waals surface area (Å²) in [6.07, 6.45) is 0. The Morgan fingerprint density at radius 1 is 1.27 bits per heavy atom. The van der Waals surface area contributed by atoms with Crippen LogP contribution < -0.4 is 10.9 Å². The predicted molar refractivity (Wildman–Crippen MR) is 88.0 cm³/mol.